The van der Waals surface area contributed by atoms with E-state index in [2.05, 4.69) is 5.32 Å². The van der Waals surface area contributed by atoms with Gasteiger partial charge in [-0.1, -0.05) is 20.8 Å². The Hall–Kier alpha value is -2.90. The minimum absolute atomic E-state index is 0.0580. The maximum atomic E-state index is 12.9. The van der Waals surface area contributed by atoms with Crippen LogP contribution in [0, 0.1) is 11.3 Å². The number of ether oxygens (including phenoxy) is 1. The SMILES string of the molecule is CC(C)(C)C(=O)N1CCOc2cc(Nc3ccc(N4CCC(C(F)(F)F)CC4)cc3)ccc21. The highest BCUT2D eigenvalue weighted by atomic mass is 19.4. The molecule has 1 amide bonds. The first-order valence-electron chi connectivity index (χ1n) is 11.3. The van der Waals surface area contributed by atoms with Crippen LogP contribution in [0.2, 0.25) is 0 Å². The van der Waals surface area contributed by atoms with Crippen molar-refractivity contribution in [2.45, 2.75) is 39.8 Å². The Balaban J connectivity index is 1.41. The molecule has 0 atom stereocenters. The van der Waals surface area contributed by atoms with Crippen LogP contribution in [0.1, 0.15) is 33.6 Å². The number of anilines is 4. The number of carbonyl (C=O) groups excluding carboxylic acids is 1. The molecule has 2 aromatic carbocycles. The number of rotatable bonds is 3. The van der Waals surface area contributed by atoms with E-state index in [9.17, 15) is 18.0 Å². The van der Waals surface area contributed by atoms with Crippen LogP contribution < -0.4 is 19.9 Å². The highest BCUT2D eigenvalue weighted by Gasteiger charge is 2.41. The fourth-order valence-corrected chi connectivity index (χ4v) is 4.30. The summed E-state index contributed by atoms with van der Waals surface area (Å²) >= 11 is 0. The summed E-state index contributed by atoms with van der Waals surface area (Å²) < 4.78 is 44.5. The molecule has 0 aromatic heterocycles. The number of amides is 1. The van der Waals surface area contributed by atoms with Gasteiger partial charge in [0.2, 0.25) is 5.91 Å². The molecule has 2 aliphatic rings. The number of benzene rings is 2. The van der Waals surface area contributed by atoms with Gasteiger partial charge in [0.1, 0.15) is 12.4 Å². The van der Waals surface area contributed by atoms with Crippen LogP contribution in [0.5, 0.6) is 5.75 Å². The molecule has 1 N–H and O–H groups in total. The number of piperidine rings is 1. The number of nitrogens with one attached hydrogen (secondary N) is 1. The van der Waals surface area contributed by atoms with Gasteiger partial charge in [-0.15, -0.1) is 0 Å². The molecular formula is C25H30F3N3O2. The quantitative estimate of drug-likeness (QED) is 0.611. The fraction of sp³-hybridized carbons (Fsp3) is 0.480. The third kappa shape index (κ3) is 5.20. The number of nitrogens with zero attached hydrogens (tertiary/aromatic N) is 2. The van der Waals surface area contributed by atoms with Crippen LogP contribution in [0.15, 0.2) is 42.5 Å². The summed E-state index contributed by atoms with van der Waals surface area (Å²) in [6.07, 6.45) is -3.84. The van der Waals surface area contributed by atoms with Crippen LogP contribution in [0.25, 0.3) is 0 Å². The fourth-order valence-electron chi connectivity index (χ4n) is 4.30. The van der Waals surface area contributed by atoms with E-state index in [0.717, 1.165) is 22.7 Å². The van der Waals surface area contributed by atoms with Gasteiger partial charge in [-0.3, -0.25) is 4.79 Å². The van der Waals surface area contributed by atoms with E-state index in [0.29, 0.717) is 32.0 Å². The Bertz CT molecular complexity index is 991. The summed E-state index contributed by atoms with van der Waals surface area (Å²) in [6.45, 7) is 7.50. The summed E-state index contributed by atoms with van der Waals surface area (Å²) in [5.74, 6) is -0.480. The second kappa shape index (κ2) is 8.80. The summed E-state index contributed by atoms with van der Waals surface area (Å²) in [4.78, 5) is 16.6. The number of alkyl halides is 3. The van der Waals surface area contributed by atoms with Crippen molar-refractivity contribution >= 4 is 28.7 Å². The Morgan fingerprint density at radius 2 is 1.61 bits per heavy atom. The molecule has 2 aliphatic heterocycles. The Labute approximate surface area is 192 Å². The average Bonchev–Trinajstić information content (AvgIpc) is 2.77. The summed E-state index contributed by atoms with van der Waals surface area (Å²) in [6, 6.07) is 13.4. The van der Waals surface area contributed by atoms with Crippen LogP contribution in [-0.4, -0.2) is 38.3 Å². The zero-order chi connectivity index (χ0) is 23.8. The van der Waals surface area contributed by atoms with Crippen LogP contribution in [0.3, 0.4) is 0 Å². The van der Waals surface area contributed by atoms with Gasteiger partial charge in [0, 0.05) is 41.6 Å². The van der Waals surface area contributed by atoms with Crippen molar-refractivity contribution in [3.63, 3.8) is 0 Å². The first-order valence-corrected chi connectivity index (χ1v) is 11.3. The van der Waals surface area contributed by atoms with Crippen molar-refractivity contribution in [3.8, 4) is 5.75 Å². The van der Waals surface area contributed by atoms with Gasteiger partial charge >= 0.3 is 6.18 Å². The van der Waals surface area contributed by atoms with Gasteiger partial charge in [-0.2, -0.15) is 13.2 Å². The molecular weight excluding hydrogens is 431 g/mol. The minimum atomic E-state index is -4.10. The number of halogens is 3. The number of carbonyl (C=O) groups is 1. The molecule has 33 heavy (non-hydrogen) atoms. The van der Waals surface area contributed by atoms with Gasteiger partial charge < -0.3 is 19.9 Å². The molecule has 5 nitrogen and oxygen atoms in total. The second-order valence-corrected chi connectivity index (χ2v) is 9.71. The number of fused-ring (bicyclic) bond motifs is 1. The third-order valence-corrected chi connectivity index (χ3v) is 6.19. The molecule has 2 heterocycles. The second-order valence-electron chi connectivity index (χ2n) is 9.71. The summed E-state index contributed by atoms with van der Waals surface area (Å²) in [5, 5.41) is 3.33. The maximum absolute atomic E-state index is 12.9. The largest absolute Gasteiger partial charge is 0.489 e. The normalized spacial score (nSPS) is 17.4. The summed E-state index contributed by atoms with van der Waals surface area (Å²) in [5.41, 5.74) is 2.91. The van der Waals surface area contributed by atoms with E-state index in [4.69, 9.17) is 4.74 Å². The van der Waals surface area contributed by atoms with E-state index < -0.39 is 17.5 Å². The molecule has 1 fully saturated rings. The molecule has 4 rings (SSSR count). The topological polar surface area (TPSA) is 44.8 Å². The number of hydrogen-bond acceptors (Lipinski definition) is 4. The molecule has 0 unspecified atom stereocenters. The van der Waals surface area contributed by atoms with E-state index in [-0.39, 0.29) is 18.7 Å². The van der Waals surface area contributed by atoms with Gasteiger partial charge in [0.05, 0.1) is 18.2 Å². The minimum Gasteiger partial charge on any atom is -0.489 e. The van der Waals surface area contributed by atoms with Crippen molar-refractivity contribution in [2.75, 3.05) is 41.4 Å². The van der Waals surface area contributed by atoms with E-state index >= 15 is 0 Å². The highest BCUT2D eigenvalue weighted by Crippen LogP contribution is 2.38. The van der Waals surface area contributed by atoms with Gasteiger partial charge in [0.25, 0.3) is 0 Å². The third-order valence-electron chi connectivity index (χ3n) is 6.19. The van der Waals surface area contributed by atoms with Crippen molar-refractivity contribution in [2.24, 2.45) is 11.3 Å². The predicted molar refractivity (Wildman–Crippen MR) is 124 cm³/mol. The monoisotopic (exact) mass is 461 g/mol. The Morgan fingerprint density at radius 3 is 2.21 bits per heavy atom. The molecule has 2 aromatic rings. The van der Waals surface area contributed by atoms with Crippen molar-refractivity contribution < 1.29 is 22.7 Å². The Kier molecular flexibility index (Phi) is 6.20. The molecule has 1 saturated heterocycles. The van der Waals surface area contributed by atoms with Crippen molar-refractivity contribution in [1.29, 1.82) is 0 Å². The van der Waals surface area contributed by atoms with Gasteiger partial charge in [-0.05, 0) is 49.2 Å². The van der Waals surface area contributed by atoms with E-state index in [1.54, 1.807) is 4.90 Å². The molecule has 0 spiro atoms. The molecule has 0 bridgehead atoms. The zero-order valence-corrected chi connectivity index (χ0v) is 19.2. The predicted octanol–water partition coefficient (Wildman–Crippen LogP) is 5.98. The van der Waals surface area contributed by atoms with Crippen LogP contribution >= 0.6 is 0 Å². The molecule has 8 heteroatoms. The van der Waals surface area contributed by atoms with E-state index in [1.165, 1.54) is 0 Å². The lowest BCUT2D eigenvalue weighted by atomic mass is 9.94. The number of hydrogen-bond donors (Lipinski definition) is 1. The van der Waals surface area contributed by atoms with Crippen molar-refractivity contribution in [1.82, 2.24) is 0 Å². The zero-order valence-electron chi connectivity index (χ0n) is 19.2. The van der Waals surface area contributed by atoms with E-state index in [1.807, 2.05) is 68.1 Å². The standard InChI is InChI=1S/C25H30F3N3O2/c1-24(2,3)23(32)31-14-15-33-22-16-19(6-9-21(22)31)29-18-4-7-20(8-5-18)30-12-10-17(11-13-30)25(26,27)28/h4-9,16-17,29H,10-15H2,1-3H3. The lowest BCUT2D eigenvalue weighted by Gasteiger charge is -2.34. The summed E-state index contributed by atoms with van der Waals surface area (Å²) in [7, 11) is 0. The molecule has 0 saturated carbocycles. The van der Waals surface area contributed by atoms with Gasteiger partial charge in [-0.25, -0.2) is 0 Å². The first-order chi connectivity index (χ1) is 15.5. The molecule has 0 aliphatic carbocycles. The lowest BCUT2D eigenvalue weighted by molar-refractivity contribution is -0.179. The smallest absolute Gasteiger partial charge is 0.391 e. The van der Waals surface area contributed by atoms with Crippen molar-refractivity contribution in [3.05, 3.63) is 42.5 Å². The first kappa shape index (κ1) is 23.3. The molecule has 0 radical (unpaired) electrons. The average molecular weight is 462 g/mol. The van der Waals surface area contributed by atoms with Gasteiger partial charge in [0.15, 0.2) is 0 Å². The lowest BCUT2D eigenvalue weighted by Crippen LogP contribution is -2.44. The maximum Gasteiger partial charge on any atom is 0.391 e. The molecule has 178 valence electrons. The van der Waals surface area contributed by atoms with Crippen LogP contribution in [0.4, 0.5) is 35.9 Å². The van der Waals surface area contributed by atoms with Crippen LogP contribution in [-0.2, 0) is 4.79 Å². The highest BCUT2D eigenvalue weighted by molar-refractivity contribution is 5.98. The Morgan fingerprint density at radius 1 is 0.970 bits per heavy atom.